The first kappa shape index (κ1) is 18.1. The molecule has 5 heteroatoms. The van der Waals surface area contributed by atoms with Crippen LogP contribution in [0, 0.1) is 11.3 Å². The minimum absolute atomic E-state index is 0.231. The van der Waals surface area contributed by atoms with E-state index in [1.54, 1.807) is 6.20 Å². The number of hydrogen-bond acceptors (Lipinski definition) is 4. The summed E-state index contributed by atoms with van der Waals surface area (Å²) in [5.41, 5.74) is 3.01. The zero-order chi connectivity index (χ0) is 18.2. The second-order valence-electron chi connectivity index (χ2n) is 6.68. The predicted octanol–water partition coefficient (Wildman–Crippen LogP) is 2.62. The summed E-state index contributed by atoms with van der Waals surface area (Å²) >= 11 is 0. The van der Waals surface area contributed by atoms with Gasteiger partial charge in [-0.25, -0.2) is 0 Å². The molecule has 0 spiro atoms. The van der Waals surface area contributed by atoms with Crippen LogP contribution in [0.25, 0.3) is 0 Å². The number of carbonyl (C=O) groups excluding carboxylic acids is 1. The maximum Gasteiger partial charge on any atom is 0.222 e. The molecule has 0 saturated carbocycles. The summed E-state index contributed by atoms with van der Waals surface area (Å²) < 4.78 is 0. The molecule has 1 aromatic carbocycles. The van der Waals surface area contributed by atoms with Crippen molar-refractivity contribution in [3.8, 4) is 6.07 Å². The lowest BCUT2D eigenvalue weighted by Gasteiger charge is -2.22. The lowest BCUT2D eigenvalue weighted by atomic mass is 10.1. The van der Waals surface area contributed by atoms with Crippen molar-refractivity contribution < 1.29 is 4.79 Å². The highest BCUT2D eigenvalue weighted by Gasteiger charge is 2.19. The van der Waals surface area contributed by atoms with Gasteiger partial charge in [0.15, 0.2) is 0 Å². The third-order valence-electron chi connectivity index (χ3n) is 4.78. The quantitative estimate of drug-likeness (QED) is 0.833. The van der Waals surface area contributed by atoms with E-state index in [1.165, 1.54) is 5.56 Å². The van der Waals surface area contributed by atoms with Crippen LogP contribution in [0.4, 0.5) is 0 Å². The second kappa shape index (κ2) is 9.12. The highest BCUT2D eigenvalue weighted by Crippen LogP contribution is 2.12. The SMILES string of the molecule is N#Cc1ccc(CN2CCCN(C(=O)CCc3cccnc3)CC2)cc1. The van der Waals surface area contributed by atoms with Gasteiger partial charge >= 0.3 is 0 Å². The van der Waals surface area contributed by atoms with E-state index in [2.05, 4.69) is 16.0 Å². The summed E-state index contributed by atoms with van der Waals surface area (Å²) in [5, 5.41) is 8.88. The normalized spacial score (nSPS) is 15.3. The van der Waals surface area contributed by atoms with Crippen LogP contribution < -0.4 is 0 Å². The van der Waals surface area contributed by atoms with Gasteiger partial charge in [-0.05, 0) is 42.2 Å². The molecule has 0 atom stereocenters. The maximum absolute atomic E-state index is 12.5. The number of benzene rings is 1. The number of carbonyl (C=O) groups is 1. The Morgan fingerprint density at radius 1 is 1.08 bits per heavy atom. The first-order valence-corrected chi connectivity index (χ1v) is 9.12. The fraction of sp³-hybridized carbons (Fsp3) is 0.381. The molecule has 0 unspecified atom stereocenters. The molecule has 1 aliphatic rings. The first-order chi connectivity index (χ1) is 12.7. The van der Waals surface area contributed by atoms with Crippen LogP contribution in [0.5, 0.6) is 0 Å². The molecule has 0 N–H and O–H groups in total. The monoisotopic (exact) mass is 348 g/mol. The highest BCUT2D eigenvalue weighted by atomic mass is 16.2. The van der Waals surface area contributed by atoms with E-state index in [4.69, 9.17) is 5.26 Å². The molecule has 26 heavy (non-hydrogen) atoms. The molecule has 0 aliphatic carbocycles. The summed E-state index contributed by atoms with van der Waals surface area (Å²) in [7, 11) is 0. The van der Waals surface area contributed by atoms with Gasteiger partial charge in [-0.15, -0.1) is 0 Å². The highest BCUT2D eigenvalue weighted by molar-refractivity contribution is 5.76. The molecular formula is C21H24N4O. The Hall–Kier alpha value is -2.71. The zero-order valence-corrected chi connectivity index (χ0v) is 15.0. The Morgan fingerprint density at radius 2 is 1.92 bits per heavy atom. The number of rotatable bonds is 5. The fourth-order valence-electron chi connectivity index (χ4n) is 3.28. The average Bonchev–Trinajstić information content (AvgIpc) is 2.93. The molecule has 1 aromatic heterocycles. The predicted molar refractivity (Wildman–Crippen MR) is 100 cm³/mol. The molecule has 134 valence electrons. The van der Waals surface area contributed by atoms with Crippen LogP contribution in [0.15, 0.2) is 48.8 Å². The van der Waals surface area contributed by atoms with Crippen LogP contribution in [0.3, 0.4) is 0 Å². The van der Waals surface area contributed by atoms with E-state index in [0.717, 1.165) is 51.1 Å². The van der Waals surface area contributed by atoms with Crippen LogP contribution in [0.1, 0.15) is 29.5 Å². The van der Waals surface area contributed by atoms with Crippen molar-refractivity contribution in [1.82, 2.24) is 14.8 Å². The van der Waals surface area contributed by atoms with E-state index in [9.17, 15) is 4.79 Å². The van der Waals surface area contributed by atoms with Gasteiger partial charge in [-0.1, -0.05) is 18.2 Å². The van der Waals surface area contributed by atoms with Crippen molar-refractivity contribution in [2.75, 3.05) is 26.2 Å². The Kier molecular flexibility index (Phi) is 6.34. The third kappa shape index (κ3) is 5.14. The van der Waals surface area contributed by atoms with Gasteiger partial charge in [0.1, 0.15) is 0 Å². The van der Waals surface area contributed by atoms with Crippen molar-refractivity contribution in [3.05, 3.63) is 65.5 Å². The lowest BCUT2D eigenvalue weighted by molar-refractivity contribution is -0.131. The molecule has 2 heterocycles. The van der Waals surface area contributed by atoms with Gasteiger partial charge in [-0.2, -0.15) is 5.26 Å². The minimum atomic E-state index is 0.231. The topological polar surface area (TPSA) is 60.2 Å². The van der Waals surface area contributed by atoms with Crippen molar-refractivity contribution in [2.24, 2.45) is 0 Å². The van der Waals surface area contributed by atoms with Crippen LogP contribution in [-0.4, -0.2) is 46.9 Å². The minimum Gasteiger partial charge on any atom is -0.341 e. The van der Waals surface area contributed by atoms with Crippen molar-refractivity contribution in [3.63, 3.8) is 0 Å². The smallest absolute Gasteiger partial charge is 0.222 e. The van der Waals surface area contributed by atoms with Gasteiger partial charge in [0.25, 0.3) is 0 Å². The zero-order valence-electron chi connectivity index (χ0n) is 15.0. The van der Waals surface area contributed by atoms with Gasteiger partial charge in [0.2, 0.25) is 5.91 Å². The maximum atomic E-state index is 12.5. The Morgan fingerprint density at radius 3 is 2.65 bits per heavy atom. The largest absolute Gasteiger partial charge is 0.341 e. The third-order valence-corrected chi connectivity index (χ3v) is 4.78. The summed E-state index contributed by atoms with van der Waals surface area (Å²) in [6, 6.07) is 13.8. The molecular weight excluding hydrogens is 324 g/mol. The van der Waals surface area contributed by atoms with E-state index in [1.807, 2.05) is 47.5 Å². The number of hydrogen-bond donors (Lipinski definition) is 0. The molecule has 2 aromatic rings. The number of aromatic nitrogens is 1. The van der Waals surface area contributed by atoms with E-state index < -0.39 is 0 Å². The molecule has 1 amide bonds. The Labute approximate surface area is 154 Å². The van der Waals surface area contributed by atoms with Gasteiger partial charge in [0.05, 0.1) is 11.6 Å². The average molecular weight is 348 g/mol. The standard InChI is InChI=1S/C21H24N4O/c22-15-18-4-6-20(7-5-18)17-24-11-2-12-25(14-13-24)21(26)9-8-19-3-1-10-23-16-19/h1,3-7,10,16H,2,8-9,11-14,17H2. The summed E-state index contributed by atoms with van der Waals surface area (Å²) in [6.45, 7) is 4.35. The van der Waals surface area contributed by atoms with Gasteiger partial charge in [-0.3, -0.25) is 14.7 Å². The van der Waals surface area contributed by atoms with Crippen molar-refractivity contribution >= 4 is 5.91 Å². The van der Waals surface area contributed by atoms with Gasteiger partial charge < -0.3 is 4.90 Å². The molecule has 3 rings (SSSR count). The molecule has 1 saturated heterocycles. The van der Waals surface area contributed by atoms with Crippen molar-refractivity contribution in [2.45, 2.75) is 25.8 Å². The molecule has 0 bridgehead atoms. The summed E-state index contributed by atoms with van der Waals surface area (Å²) in [6.07, 6.45) is 5.87. The summed E-state index contributed by atoms with van der Waals surface area (Å²) in [5.74, 6) is 0.231. The number of pyridine rings is 1. The number of nitrogens with zero attached hydrogens (tertiary/aromatic N) is 4. The molecule has 1 fully saturated rings. The molecule has 0 radical (unpaired) electrons. The van der Waals surface area contributed by atoms with Gasteiger partial charge in [0, 0.05) is 51.5 Å². The first-order valence-electron chi connectivity index (χ1n) is 9.12. The molecule has 5 nitrogen and oxygen atoms in total. The van der Waals surface area contributed by atoms with Crippen LogP contribution in [0.2, 0.25) is 0 Å². The Bertz CT molecular complexity index is 752. The summed E-state index contributed by atoms with van der Waals surface area (Å²) in [4.78, 5) is 21.0. The van der Waals surface area contributed by atoms with E-state index in [-0.39, 0.29) is 5.91 Å². The lowest BCUT2D eigenvalue weighted by Crippen LogP contribution is -2.35. The van der Waals surface area contributed by atoms with E-state index >= 15 is 0 Å². The number of amides is 1. The van der Waals surface area contributed by atoms with Crippen molar-refractivity contribution in [1.29, 1.82) is 5.26 Å². The fourth-order valence-corrected chi connectivity index (χ4v) is 3.28. The van der Waals surface area contributed by atoms with E-state index in [0.29, 0.717) is 12.0 Å². The van der Waals surface area contributed by atoms with Crippen LogP contribution in [-0.2, 0) is 17.8 Å². The Balaban J connectivity index is 1.47. The second-order valence-corrected chi connectivity index (χ2v) is 6.68. The van der Waals surface area contributed by atoms with Crippen LogP contribution >= 0.6 is 0 Å². The number of nitriles is 1. The molecule has 1 aliphatic heterocycles. The number of aryl methyl sites for hydroxylation is 1.